The normalized spacial score (nSPS) is 17.1. The van der Waals surface area contributed by atoms with Crippen LogP contribution in [0.4, 0.5) is 0 Å². The van der Waals surface area contributed by atoms with Crippen LogP contribution in [-0.2, 0) is 6.42 Å². The van der Waals surface area contributed by atoms with Crippen molar-refractivity contribution in [1.29, 1.82) is 0 Å². The van der Waals surface area contributed by atoms with E-state index in [1.54, 1.807) is 0 Å². The smallest absolute Gasteiger partial charge is 0.119 e. The molecule has 0 aromatic heterocycles. The molecule has 1 heterocycles. The van der Waals surface area contributed by atoms with Gasteiger partial charge >= 0.3 is 0 Å². The molecule has 1 aromatic carbocycles. The average molecular weight is 248 g/mol. The van der Waals surface area contributed by atoms with Crippen molar-refractivity contribution in [3.05, 3.63) is 28.3 Å². The number of aryl methyl sites for hydroxylation is 1. The molecule has 0 aliphatic carbocycles. The lowest BCUT2D eigenvalue weighted by molar-refractivity contribution is 0.243. The zero-order chi connectivity index (χ0) is 13.1. The van der Waals surface area contributed by atoms with Crippen molar-refractivity contribution in [2.24, 2.45) is 0 Å². The van der Waals surface area contributed by atoms with Crippen LogP contribution in [0.15, 0.2) is 6.07 Å². The molecular formula is C15H24N2O. The van der Waals surface area contributed by atoms with Gasteiger partial charge in [-0.05, 0) is 55.5 Å². The minimum Gasteiger partial charge on any atom is -0.508 e. The van der Waals surface area contributed by atoms with Gasteiger partial charge in [0.1, 0.15) is 5.75 Å². The quantitative estimate of drug-likeness (QED) is 0.855. The van der Waals surface area contributed by atoms with Gasteiger partial charge in [-0.15, -0.1) is 0 Å². The number of hydrogen-bond acceptors (Lipinski definition) is 3. The molecule has 1 aliphatic heterocycles. The Morgan fingerprint density at radius 3 is 2.50 bits per heavy atom. The van der Waals surface area contributed by atoms with Gasteiger partial charge in [0.05, 0.1) is 0 Å². The second-order valence-electron chi connectivity index (χ2n) is 5.28. The molecule has 0 spiro atoms. The lowest BCUT2D eigenvalue weighted by Crippen LogP contribution is -2.44. The van der Waals surface area contributed by atoms with E-state index in [-0.39, 0.29) is 0 Å². The highest BCUT2D eigenvalue weighted by atomic mass is 16.3. The van der Waals surface area contributed by atoms with Crippen molar-refractivity contribution in [2.45, 2.75) is 27.2 Å². The zero-order valence-corrected chi connectivity index (χ0v) is 11.7. The third-order valence-corrected chi connectivity index (χ3v) is 4.12. The summed E-state index contributed by atoms with van der Waals surface area (Å²) in [6, 6.07) is 1.90. The Bertz CT molecular complexity index is 423. The molecule has 1 aliphatic rings. The fourth-order valence-corrected chi connectivity index (χ4v) is 2.70. The Balaban J connectivity index is 2.06. The Labute approximate surface area is 110 Å². The molecule has 1 aromatic rings. The van der Waals surface area contributed by atoms with E-state index in [1.807, 2.05) is 13.0 Å². The van der Waals surface area contributed by atoms with Crippen molar-refractivity contribution in [3.8, 4) is 5.75 Å². The molecule has 0 atom stereocenters. The van der Waals surface area contributed by atoms with Gasteiger partial charge in [-0.1, -0.05) is 0 Å². The van der Waals surface area contributed by atoms with Crippen LogP contribution in [0.25, 0.3) is 0 Å². The maximum Gasteiger partial charge on any atom is 0.119 e. The van der Waals surface area contributed by atoms with Crippen LogP contribution in [0.2, 0.25) is 0 Å². The minimum absolute atomic E-state index is 0.427. The molecule has 100 valence electrons. The summed E-state index contributed by atoms with van der Waals surface area (Å²) in [7, 11) is 0. The predicted molar refractivity (Wildman–Crippen MR) is 75.3 cm³/mol. The highest BCUT2D eigenvalue weighted by molar-refractivity contribution is 5.47. The number of piperazine rings is 1. The Morgan fingerprint density at radius 2 is 1.83 bits per heavy atom. The monoisotopic (exact) mass is 248 g/mol. The summed E-state index contributed by atoms with van der Waals surface area (Å²) in [4.78, 5) is 2.51. The van der Waals surface area contributed by atoms with Crippen molar-refractivity contribution in [3.63, 3.8) is 0 Å². The van der Waals surface area contributed by atoms with Crippen molar-refractivity contribution in [2.75, 3.05) is 32.7 Å². The van der Waals surface area contributed by atoms with Crippen LogP contribution in [0.3, 0.4) is 0 Å². The van der Waals surface area contributed by atoms with Crippen LogP contribution in [0.1, 0.15) is 22.3 Å². The van der Waals surface area contributed by atoms with E-state index < -0.39 is 0 Å². The van der Waals surface area contributed by atoms with Gasteiger partial charge in [0.25, 0.3) is 0 Å². The summed E-state index contributed by atoms with van der Waals surface area (Å²) in [6.07, 6.45) is 1.08. The Morgan fingerprint density at radius 1 is 1.17 bits per heavy atom. The lowest BCUT2D eigenvalue weighted by Gasteiger charge is -2.27. The van der Waals surface area contributed by atoms with E-state index in [4.69, 9.17) is 0 Å². The number of nitrogens with one attached hydrogen (secondary N) is 1. The molecule has 1 saturated heterocycles. The Hall–Kier alpha value is -1.06. The van der Waals surface area contributed by atoms with E-state index in [2.05, 4.69) is 24.1 Å². The third-order valence-electron chi connectivity index (χ3n) is 4.12. The van der Waals surface area contributed by atoms with E-state index in [1.165, 1.54) is 16.7 Å². The largest absolute Gasteiger partial charge is 0.508 e. The predicted octanol–water partition coefficient (Wildman–Crippen LogP) is 1.77. The molecule has 3 nitrogen and oxygen atoms in total. The minimum atomic E-state index is 0.427. The second kappa shape index (κ2) is 5.72. The Kier molecular flexibility index (Phi) is 4.25. The van der Waals surface area contributed by atoms with Crippen LogP contribution < -0.4 is 5.32 Å². The number of aromatic hydroxyl groups is 1. The number of nitrogens with zero attached hydrogens (tertiary/aromatic N) is 1. The summed E-state index contributed by atoms with van der Waals surface area (Å²) >= 11 is 0. The van der Waals surface area contributed by atoms with E-state index >= 15 is 0 Å². The highest BCUT2D eigenvalue weighted by Crippen LogP contribution is 2.26. The van der Waals surface area contributed by atoms with Gasteiger partial charge in [-0.2, -0.15) is 0 Å². The zero-order valence-electron chi connectivity index (χ0n) is 11.7. The summed E-state index contributed by atoms with van der Waals surface area (Å²) in [5.74, 6) is 0.427. The first kappa shape index (κ1) is 13.4. The maximum absolute atomic E-state index is 9.80. The first-order valence-corrected chi connectivity index (χ1v) is 6.81. The number of benzene rings is 1. The summed E-state index contributed by atoms with van der Waals surface area (Å²) in [5.41, 5.74) is 4.90. The van der Waals surface area contributed by atoms with Crippen molar-refractivity contribution in [1.82, 2.24) is 10.2 Å². The first-order chi connectivity index (χ1) is 8.59. The maximum atomic E-state index is 9.80. The summed E-state index contributed by atoms with van der Waals surface area (Å²) in [5, 5.41) is 13.2. The number of hydrogen-bond donors (Lipinski definition) is 2. The first-order valence-electron chi connectivity index (χ1n) is 6.81. The van der Waals surface area contributed by atoms with Gasteiger partial charge in [-0.25, -0.2) is 0 Å². The van der Waals surface area contributed by atoms with Crippen LogP contribution >= 0.6 is 0 Å². The molecule has 3 heteroatoms. The fraction of sp³-hybridized carbons (Fsp3) is 0.600. The van der Waals surface area contributed by atoms with Gasteiger partial charge in [0.15, 0.2) is 0 Å². The van der Waals surface area contributed by atoms with E-state index in [0.717, 1.165) is 44.7 Å². The van der Waals surface area contributed by atoms with Crippen molar-refractivity contribution < 1.29 is 5.11 Å². The average Bonchev–Trinajstić information content (AvgIpc) is 2.37. The van der Waals surface area contributed by atoms with Gasteiger partial charge < -0.3 is 15.3 Å². The molecule has 0 radical (unpaired) electrons. The SMILES string of the molecule is Cc1cc(O)c(C)c(C)c1CCN1CCNCC1. The fourth-order valence-electron chi connectivity index (χ4n) is 2.70. The third kappa shape index (κ3) is 2.85. The number of phenols is 1. The molecule has 0 amide bonds. The van der Waals surface area contributed by atoms with E-state index in [9.17, 15) is 5.11 Å². The number of phenolic OH excluding ortho intramolecular Hbond substituents is 1. The van der Waals surface area contributed by atoms with Gasteiger partial charge in [0.2, 0.25) is 0 Å². The molecular weight excluding hydrogens is 224 g/mol. The standard InChI is InChI=1S/C15H24N2O/c1-11-10-15(18)13(3)12(2)14(11)4-7-17-8-5-16-6-9-17/h10,16,18H,4-9H2,1-3H3. The van der Waals surface area contributed by atoms with Gasteiger partial charge in [-0.3, -0.25) is 0 Å². The molecule has 1 fully saturated rings. The molecule has 18 heavy (non-hydrogen) atoms. The van der Waals surface area contributed by atoms with E-state index in [0.29, 0.717) is 5.75 Å². The van der Waals surface area contributed by atoms with Crippen LogP contribution in [-0.4, -0.2) is 42.7 Å². The lowest BCUT2D eigenvalue weighted by atomic mass is 9.95. The summed E-state index contributed by atoms with van der Waals surface area (Å²) < 4.78 is 0. The van der Waals surface area contributed by atoms with Crippen LogP contribution in [0.5, 0.6) is 5.75 Å². The number of rotatable bonds is 3. The van der Waals surface area contributed by atoms with Crippen molar-refractivity contribution >= 4 is 0 Å². The molecule has 2 rings (SSSR count). The summed E-state index contributed by atoms with van der Waals surface area (Å²) in [6.45, 7) is 11.8. The molecule has 0 unspecified atom stereocenters. The highest BCUT2D eigenvalue weighted by Gasteiger charge is 2.13. The topological polar surface area (TPSA) is 35.5 Å². The molecule has 0 bridgehead atoms. The molecule has 0 saturated carbocycles. The molecule has 2 N–H and O–H groups in total. The second-order valence-corrected chi connectivity index (χ2v) is 5.28. The van der Waals surface area contributed by atoms with Gasteiger partial charge in [0, 0.05) is 32.7 Å². The van der Waals surface area contributed by atoms with Crippen LogP contribution in [0, 0.1) is 20.8 Å².